The molecule has 0 spiro atoms. The van der Waals surface area contributed by atoms with Crippen LogP contribution >= 0.6 is 11.3 Å². The highest BCUT2D eigenvalue weighted by Gasteiger charge is 2.34. The molecule has 1 heterocycles. The van der Waals surface area contributed by atoms with Crippen LogP contribution in [0.4, 0.5) is 17.6 Å². The maximum atomic E-state index is 13.2. The highest BCUT2D eigenvalue weighted by atomic mass is 32.1. The molecule has 21 heavy (non-hydrogen) atoms. The van der Waals surface area contributed by atoms with Crippen molar-refractivity contribution in [1.82, 2.24) is 4.98 Å². The van der Waals surface area contributed by atoms with Gasteiger partial charge in [-0.25, -0.2) is 9.37 Å². The van der Waals surface area contributed by atoms with Crippen LogP contribution in [-0.2, 0) is 17.4 Å². The number of hydrogen-bond acceptors (Lipinski definition) is 3. The molecule has 0 aliphatic rings. The Balaban J connectivity index is 2.37. The van der Waals surface area contributed by atoms with E-state index < -0.39 is 23.5 Å². The summed E-state index contributed by atoms with van der Waals surface area (Å²) in [6.07, 6.45) is -4.67. The molecule has 2 aromatic rings. The van der Waals surface area contributed by atoms with Crippen molar-refractivity contribution in [2.24, 2.45) is 0 Å². The maximum absolute atomic E-state index is 13.2. The minimum Gasteiger partial charge on any atom is -0.481 e. The Morgan fingerprint density at radius 3 is 2.67 bits per heavy atom. The standard InChI is InChI=1S/C13H9F4NO2S/c14-7-1-3-10(13(15,16)17)9(5-7)12-18-8(6-21-12)2-4-11(19)20/h1,3,5-6H,2,4H2,(H,19,20). The van der Waals surface area contributed by atoms with Gasteiger partial charge in [-0.1, -0.05) is 0 Å². The smallest absolute Gasteiger partial charge is 0.417 e. The minimum absolute atomic E-state index is 0.0159. The minimum atomic E-state index is -4.62. The van der Waals surface area contributed by atoms with E-state index in [1.807, 2.05) is 0 Å². The first kappa shape index (κ1) is 15.4. The predicted octanol–water partition coefficient (Wildman–Crippen LogP) is 3.99. The first-order valence-corrected chi connectivity index (χ1v) is 6.68. The second-order valence-corrected chi connectivity index (χ2v) is 5.08. The monoisotopic (exact) mass is 319 g/mol. The summed E-state index contributed by atoms with van der Waals surface area (Å²) in [5.74, 6) is -1.81. The zero-order chi connectivity index (χ0) is 15.6. The molecule has 1 aromatic carbocycles. The molecule has 8 heteroatoms. The van der Waals surface area contributed by atoms with Gasteiger partial charge in [-0.2, -0.15) is 13.2 Å². The summed E-state index contributed by atoms with van der Waals surface area (Å²) in [5.41, 5.74) is -0.938. The van der Waals surface area contributed by atoms with E-state index in [9.17, 15) is 22.4 Å². The van der Waals surface area contributed by atoms with Crippen molar-refractivity contribution in [3.05, 3.63) is 40.7 Å². The molecule has 0 aliphatic carbocycles. The summed E-state index contributed by atoms with van der Waals surface area (Å²) >= 11 is 0.923. The second kappa shape index (κ2) is 5.80. The lowest BCUT2D eigenvalue weighted by atomic mass is 10.1. The van der Waals surface area contributed by atoms with Gasteiger partial charge in [-0.05, 0) is 18.2 Å². The third-order valence-corrected chi connectivity index (χ3v) is 3.59. The van der Waals surface area contributed by atoms with E-state index >= 15 is 0 Å². The number of halogens is 4. The Kier molecular flexibility index (Phi) is 4.26. The fraction of sp³-hybridized carbons (Fsp3) is 0.231. The molecule has 0 fully saturated rings. The quantitative estimate of drug-likeness (QED) is 0.867. The number of aryl methyl sites for hydroxylation is 1. The van der Waals surface area contributed by atoms with Crippen molar-refractivity contribution in [2.45, 2.75) is 19.0 Å². The van der Waals surface area contributed by atoms with Crippen molar-refractivity contribution in [1.29, 1.82) is 0 Å². The molecule has 112 valence electrons. The Morgan fingerprint density at radius 2 is 2.05 bits per heavy atom. The number of carbonyl (C=O) groups is 1. The molecule has 3 nitrogen and oxygen atoms in total. The van der Waals surface area contributed by atoms with E-state index in [4.69, 9.17) is 5.11 Å². The van der Waals surface area contributed by atoms with E-state index in [1.165, 1.54) is 5.38 Å². The number of thiazole rings is 1. The van der Waals surface area contributed by atoms with Crippen LogP contribution in [-0.4, -0.2) is 16.1 Å². The maximum Gasteiger partial charge on any atom is 0.417 e. The Hall–Kier alpha value is -1.96. The SMILES string of the molecule is O=C(O)CCc1csc(-c2cc(F)ccc2C(F)(F)F)n1. The molecule has 0 saturated carbocycles. The summed E-state index contributed by atoms with van der Waals surface area (Å²) in [4.78, 5) is 14.4. The van der Waals surface area contributed by atoms with Gasteiger partial charge in [-0.15, -0.1) is 11.3 Å². The molecular weight excluding hydrogens is 310 g/mol. The van der Waals surface area contributed by atoms with Crippen LogP contribution in [0.3, 0.4) is 0 Å². The number of nitrogens with zero attached hydrogens (tertiary/aromatic N) is 1. The fourth-order valence-corrected chi connectivity index (χ4v) is 2.61. The fourth-order valence-electron chi connectivity index (χ4n) is 1.72. The van der Waals surface area contributed by atoms with Crippen LogP contribution in [0, 0.1) is 5.82 Å². The Morgan fingerprint density at radius 1 is 1.33 bits per heavy atom. The van der Waals surface area contributed by atoms with Crippen LogP contribution in [0.5, 0.6) is 0 Å². The lowest BCUT2D eigenvalue weighted by Gasteiger charge is -2.10. The summed E-state index contributed by atoms with van der Waals surface area (Å²) in [7, 11) is 0. The number of benzene rings is 1. The summed E-state index contributed by atoms with van der Waals surface area (Å²) in [6, 6.07) is 2.19. The van der Waals surface area contributed by atoms with Crippen molar-refractivity contribution in [2.75, 3.05) is 0 Å². The largest absolute Gasteiger partial charge is 0.481 e. The predicted molar refractivity (Wildman–Crippen MR) is 68.5 cm³/mol. The van der Waals surface area contributed by atoms with E-state index in [0.29, 0.717) is 11.8 Å². The molecule has 0 aliphatic heterocycles. The first-order chi connectivity index (χ1) is 9.77. The molecule has 2 rings (SSSR count). The van der Waals surface area contributed by atoms with E-state index in [1.54, 1.807) is 0 Å². The average Bonchev–Trinajstić information content (AvgIpc) is 2.83. The van der Waals surface area contributed by atoms with Crippen LogP contribution < -0.4 is 0 Å². The van der Waals surface area contributed by atoms with Gasteiger partial charge in [0.05, 0.1) is 17.7 Å². The van der Waals surface area contributed by atoms with Gasteiger partial charge in [0.25, 0.3) is 0 Å². The molecule has 0 saturated heterocycles. The molecular formula is C13H9F4NO2S. The van der Waals surface area contributed by atoms with Gasteiger partial charge < -0.3 is 5.11 Å². The zero-order valence-electron chi connectivity index (χ0n) is 10.4. The average molecular weight is 319 g/mol. The molecule has 0 bridgehead atoms. The topological polar surface area (TPSA) is 50.2 Å². The Bertz CT molecular complexity index is 666. The van der Waals surface area contributed by atoms with E-state index in [2.05, 4.69) is 4.98 Å². The van der Waals surface area contributed by atoms with Crippen LogP contribution in [0.15, 0.2) is 23.6 Å². The highest BCUT2D eigenvalue weighted by molar-refractivity contribution is 7.13. The third-order valence-electron chi connectivity index (χ3n) is 2.66. The van der Waals surface area contributed by atoms with Gasteiger partial charge in [0.1, 0.15) is 10.8 Å². The number of aromatic nitrogens is 1. The molecule has 1 N–H and O–H groups in total. The molecule has 0 atom stereocenters. The van der Waals surface area contributed by atoms with Gasteiger partial charge in [0.15, 0.2) is 0 Å². The number of carboxylic acid groups (broad SMARTS) is 1. The lowest BCUT2D eigenvalue weighted by molar-refractivity contribution is -0.137. The first-order valence-electron chi connectivity index (χ1n) is 5.80. The molecule has 0 unspecified atom stereocenters. The number of aliphatic carboxylic acids is 1. The molecule has 0 amide bonds. The number of rotatable bonds is 4. The molecule has 0 radical (unpaired) electrons. The van der Waals surface area contributed by atoms with Gasteiger partial charge >= 0.3 is 12.1 Å². The van der Waals surface area contributed by atoms with Crippen LogP contribution in [0.1, 0.15) is 17.7 Å². The number of alkyl halides is 3. The van der Waals surface area contributed by atoms with Gasteiger partial charge in [-0.3, -0.25) is 4.79 Å². The molecule has 1 aromatic heterocycles. The third kappa shape index (κ3) is 3.78. The van der Waals surface area contributed by atoms with Gasteiger partial charge in [0, 0.05) is 17.4 Å². The number of carboxylic acids is 1. The second-order valence-electron chi connectivity index (χ2n) is 4.23. The number of hydrogen-bond donors (Lipinski definition) is 1. The summed E-state index contributed by atoms with van der Waals surface area (Å²) < 4.78 is 51.9. The van der Waals surface area contributed by atoms with Crippen molar-refractivity contribution < 1.29 is 27.5 Å². The highest BCUT2D eigenvalue weighted by Crippen LogP contribution is 2.38. The summed E-state index contributed by atoms with van der Waals surface area (Å²) in [6.45, 7) is 0. The van der Waals surface area contributed by atoms with Crippen LogP contribution in [0.2, 0.25) is 0 Å². The van der Waals surface area contributed by atoms with E-state index in [0.717, 1.165) is 23.5 Å². The Labute approximate surface area is 120 Å². The summed E-state index contributed by atoms with van der Waals surface area (Å²) in [5, 5.41) is 10.1. The van der Waals surface area contributed by atoms with Crippen molar-refractivity contribution in [3.63, 3.8) is 0 Å². The van der Waals surface area contributed by atoms with Gasteiger partial charge in [0.2, 0.25) is 0 Å². The van der Waals surface area contributed by atoms with Crippen LogP contribution in [0.25, 0.3) is 10.6 Å². The lowest BCUT2D eigenvalue weighted by Crippen LogP contribution is -2.07. The zero-order valence-corrected chi connectivity index (χ0v) is 11.3. The van der Waals surface area contributed by atoms with E-state index in [-0.39, 0.29) is 23.4 Å². The van der Waals surface area contributed by atoms with Crippen molar-refractivity contribution >= 4 is 17.3 Å². The normalized spacial score (nSPS) is 11.6. The van der Waals surface area contributed by atoms with Crippen molar-refractivity contribution in [3.8, 4) is 10.6 Å².